The van der Waals surface area contributed by atoms with Crippen molar-refractivity contribution in [3.63, 3.8) is 0 Å². The van der Waals surface area contributed by atoms with E-state index in [1.807, 2.05) is 0 Å². The summed E-state index contributed by atoms with van der Waals surface area (Å²) < 4.78 is 4.94. The van der Waals surface area contributed by atoms with Gasteiger partial charge in [-0.3, -0.25) is 4.79 Å². The Morgan fingerprint density at radius 1 is 1.08 bits per heavy atom. The molecule has 0 aromatic heterocycles. The number of ether oxygens (including phenoxy) is 1. The summed E-state index contributed by atoms with van der Waals surface area (Å²) in [6.45, 7) is -0.627. The van der Waals surface area contributed by atoms with E-state index in [4.69, 9.17) is 56.2 Å². The first-order chi connectivity index (χ1) is 11.2. The van der Waals surface area contributed by atoms with Gasteiger partial charge < -0.3 is 30.5 Å². The summed E-state index contributed by atoms with van der Waals surface area (Å²) in [5.41, 5.74) is -0.256. The quantitative estimate of drug-likeness (QED) is 0.462. The van der Waals surface area contributed by atoms with Crippen LogP contribution in [-0.4, -0.2) is 63.6 Å². The summed E-state index contributed by atoms with van der Waals surface area (Å²) >= 11 is 23.6. The van der Waals surface area contributed by atoms with E-state index in [0.717, 1.165) is 0 Å². The molecule has 2 rings (SSSR count). The fourth-order valence-corrected chi connectivity index (χ4v) is 3.23. The van der Waals surface area contributed by atoms with Crippen LogP contribution in [0.3, 0.4) is 0 Å². The summed E-state index contributed by atoms with van der Waals surface area (Å²) in [5, 5.41) is 40.6. The predicted octanol–water partition coefficient (Wildman–Crippen LogP) is 0.830. The maximum absolute atomic E-state index is 12.4. The largest absolute Gasteiger partial charge is 0.394 e. The molecule has 7 nitrogen and oxygen atoms in total. The third-order valence-electron chi connectivity index (χ3n) is 3.54. The van der Waals surface area contributed by atoms with Crippen LogP contribution in [0.2, 0.25) is 20.1 Å². The van der Waals surface area contributed by atoms with Gasteiger partial charge in [-0.2, -0.15) is 0 Å². The number of carbonyl (C=O) groups is 1. The Labute approximate surface area is 156 Å². The van der Waals surface area contributed by atoms with Gasteiger partial charge in [-0.25, -0.2) is 0 Å². The molecule has 0 aliphatic carbocycles. The first-order valence-electron chi connectivity index (χ1n) is 6.63. The van der Waals surface area contributed by atoms with Crippen molar-refractivity contribution in [1.82, 2.24) is 5.32 Å². The van der Waals surface area contributed by atoms with E-state index in [-0.39, 0.29) is 25.7 Å². The minimum absolute atomic E-state index is 0.0161. The van der Waals surface area contributed by atoms with Gasteiger partial charge in [0, 0.05) is 0 Å². The van der Waals surface area contributed by atoms with Crippen molar-refractivity contribution in [2.75, 3.05) is 6.61 Å². The van der Waals surface area contributed by atoms with Crippen molar-refractivity contribution >= 4 is 52.3 Å². The molecule has 11 heteroatoms. The molecule has 24 heavy (non-hydrogen) atoms. The standard InChI is InChI=1S/C13H13Cl4NO6/c14-3-1-4(15)8(17)6(7(3)16)12(22)18-9-11(21)10(20)5(2-19)24-13(9)23/h1,5,9-11,13,19-21,23H,2H2,(H,18,22). The van der Waals surface area contributed by atoms with Crippen molar-refractivity contribution in [1.29, 1.82) is 0 Å². The Morgan fingerprint density at radius 2 is 1.62 bits per heavy atom. The number of benzene rings is 1. The van der Waals surface area contributed by atoms with Gasteiger partial charge >= 0.3 is 0 Å². The first-order valence-corrected chi connectivity index (χ1v) is 8.14. The number of carbonyl (C=O) groups excluding carboxylic acids is 1. The van der Waals surface area contributed by atoms with E-state index in [1.54, 1.807) is 0 Å². The summed E-state index contributed by atoms with van der Waals surface area (Å²) in [4.78, 5) is 12.4. The summed E-state index contributed by atoms with van der Waals surface area (Å²) in [6, 6.07) is -0.145. The van der Waals surface area contributed by atoms with E-state index in [2.05, 4.69) is 5.32 Å². The van der Waals surface area contributed by atoms with E-state index >= 15 is 0 Å². The van der Waals surface area contributed by atoms with Crippen LogP contribution in [0.1, 0.15) is 10.4 Å². The lowest BCUT2D eigenvalue weighted by atomic mass is 9.97. The fraction of sp³-hybridized carbons (Fsp3) is 0.462. The lowest BCUT2D eigenvalue weighted by Crippen LogP contribution is -2.64. The van der Waals surface area contributed by atoms with Crippen molar-refractivity contribution < 1.29 is 30.0 Å². The lowest BCUT2D eigenvalue weighted by Gasteiger charge is -2.40. The van der Waals surface area contributed by atoms with Crippen molar-refractivity contribution in [2.24, 2.45) is 0 Å². The molecular formula is C13H13Cl4NO6. The van der Waals surface area contributed by atoms with E-state index in [1.165, 1.54) is 6.07 Å². The third kappa shape index (κ3) is 3.75. The van der Waals surface area contributed by atoms with Crippen LogP contribution < -0.4 is 5.32 Å². The molecule has 5 N–H and O–H groups in total. The highest BCUT2D eigenvalue weighted by Gasteiger charge is 2.44. The minimum atomic E-state index is -1.68. The van der Waals surface area contributed by atoms with Crippen LogP contribution in [0.5, 0.6) is 0 Å². The summed E-state index contributed by atoms with van der Waals surface area (Å²) in [7, 11) is 0. The molecule has 0 spiro atoms. The Bertz CT molecular complexity index is 619. The molecule has 1 heterocycles. The van der Waals surface area contributed by atoms with Crippen LogP contribution in [-0.2, 0) is 4.74 Å². The lowest BCUT2D eigenvalue weighted by molar-refractivity contribution is -0.252. The van der Waals surface area contributed by atoms with Crippen LogP contribution in [0.15, 0.2) is 6.07 Å². The normalized spacial score (nSPS) is 30.2. The Kier molecular flexibility index (Phi) is 6.58. The Morgan fingerprint density at radius 3 is 2.12 bits per heavy atom. The molecule has 1 aromatic carbocycles. The number of rotatable bonds is 3. The summed E-state index contributed by atoms with van der Waals surface area (Å²) in [5.74, 6) is -0.893. The van der Waals surface area contributed by atoms with Crippen LogP contribution in [0, 0.1) is 0 Å². The molecule has 5 unspecified atom stereocenters. The van der Waals surface area contributed by atoms with Gasteiger partial charge in [-0.1, -0.05) is 46.4 Å². The zero-order valence-corrected chi connectivity index (χ0v) is 14.8. The highest BCUT2D eigenvalue weighted by molar-refractivity contribution is 6.50. The predicted molar refractivity (Wildman–Crippen MR) is 87.7 cm³/mol. The van der Waals surface area contributed by atoms with Gasteiger partial charge in [0.15, 0.2) is 6.29 Å². The van der Waals surface area contributed by atoms with Crippen LogP contribution in [0.25, 0.3) is 0 Å². The third-order valence-corrected chi connectivity index (χ3v) is 5.11. The maximum atomic E-state index is 12.4. The van der Waals surface area contributed by atoms with Gasteiger partial charge in [0.2, 0.25) is 0 Å². The molecule has 0 radical (unpaired) electrons. The van der Waals surface area contributed by atoms with Crippen molar-refractivity contribution in [3.8, 4) is 0 Å². The number of hydrogen-bond donors (Lipinski definition) is 5. The SMILES string of the molecule is O=C(NC1C(O)OC(CO)C(O)C1O)c1c(Cl)c(Cl)cc(Cl)c1Cl. The van der Waals surface area contributed by atoms with Crippen LogP contribution in [0.4, 0.5) is 0 Å². The Balaban J connectivity index is 2.27. The van der Waals surface area contributed by atoms with Gasteiger partial charge in [-0.15, -0.1) is 0 Å². The molecule has 0 bridgehead atoms. The van der Waals surface area contributed by atoms with Gasteiger partial charge in [0.1, 0.15) is 24.4 Å². The van der Waals surface area contributed by atoms with E-state index in [0.29, 0.717) is 0 Å². The second kappa shape index (κ2) is 7.90. The molecule has 1 amide bonds. The second-order valence-corrected chi connectivity index (χ2v) is 6.64. The van der Waals surface area contributed by atoms with Crippen LogP contribution >= 0.6 is 46.4 Å². The smallest absolute Gasteiger partial charge is 0.254 e. The van der Waals surface area contributed by atoms with E-state index < -0.39 is 43.2 Å². The number of aliphatic hydroxyl groups excluding tert-OH is 4. The molecule has 5 atom stereocenters. The van der Waals surface area contributed by atoms with Crippen molar-refractivity contribution in [2.45, 2.75) is 30.6 Å². The molecule has 0 saturated carbocycles. The summed E-state index contributed by atoms with van der Waals surface area (Å²) in [6.07, 6.45) is -6.02. The topological polar surface area (TPSA) is 119 Å². The van der Waals surface area contributed by atoms with Gasteiger partial charge in [0.05, 0.1) is 32.3 Å². The highest BCUT2D eigenvalue weighted by atomic mass is 35.5. The first kappa shape index (κ1) is 20.0. The van der Waals surface area contributed by atoms with Gasteiger partial charge in [-0.05, 0) is 6.07 Å². The molecule has 1 fully saturated rings. The zero-order valence-electron chi connectivity index (χ0n) is 11.8. The second-order valence-electron chi connectivity index (χ2n) is 5.07. The number of nitrogens with one attached hydrogen (secondary N) is 1. The average Bonchev–Trinajstić information content (AvgIpc) is 2.53. The molecular weight excluding hydrogens is 408 g/mol. The molecule has 1 aromatic rings. The monoisotopic (exact) mass is 419 g/mol. The van der Waals surface area contributed by atoms with Crippen molar-refractivity contribution in [3.05, 3.63) is 31.7 Å². The average molecular weight is 421 g/mol. The number of halogens is 4. The molecule has 1 aliphatic rings. The minimum Gasteiger partial charge on any atom is -0.394 e. The molecule has 1 saturated heterocycles. The number of aliphatic hydroxyl groups is 4. The Hall–Kier alpha value is -0.350. The highest BCUT2D eigenvalue weighted by Crippen LogP contribution is 2.37. The number of hydrogen-bond acceptors (Lipinski definition) is 6. The maximum Gasteiger partial charge on any atom is 0.254 e. The zero-order chi connectivity index (χ0) is 18.2. The molecule has 134 valence electrons. The van der Waals surface area contributed by atoms with Gasteiger partial charge in [0.25, 0.3) is 5.91 Å². The fourth-order valence-electron chi connectivity index (χ4n) is 2.25. The number of amides is 1. The van der Waals surface area contributed by atoms with E-state index in [9.17, 15) is 20.1 Å². The molecule has 1 aliphatic heterocycles.